The van der Waals surface area contributed by atoms with Gasteiger partial charge in [-0.1, -0.05) is 22.0 Å². The van der Waals surface area contributed by atoms with Crippen LogP contribution in [0.2, 0.25) is 0 Å². The molecule has 0 aliphatic carbocycles. The zero-order valence-corrected chi connectivity index (χ0v) is 8.76. The molecule has 1 aromatic heterocycles. The number of rotatable bonds is 2. The van der Waals surface area contributed by atoms with Crippen molar-refractivity contribution in [1.82, 2.24) is 4.98 Å². The van der Waals surface area contributed by atoms with E-state index < -0.39 is 0 Å². The van der Waals surface area contributed by atoms with Crippen molar-refractivity contribution in [2.75, 3.05) is 6.54 Å². The highest BCUT2D eigenvalue weighted by molar-refractivity contribution is 9.10. The summed E-state index contributed by atoms with van der Waals surface area (Å²) >= 11 is 3.51. The fourth-order valence-electron chi connectivity index (χ4n) is 1.47. The monoisotopic (exact) mass is 238 g/mol. The number of benzene rings is 1. The van der Waals surface area contributed by atoms with Gasteiger partial charge in [-0.05, 0) is 31.2 Å². The van der Waals surface area contributed by atoms with Crippen LogP contribution in [0.1, 0.15) is 5.69 Å². The number of halogens is 1. The number of H-pyrrole nitrogens is 1. The third-order valence-electron chi connectivity index (χ3n) is 2.08. The molecule has 0 amide bonds. The van der Waals surface area contributed by atoms with Gasteiger partial charge in [-0.25, -0.2) is 0 Å². The highest BCUT2D eigenvalue weighted by atomic mass is 79.9. The Balaban J connectivity index is 2.55. The molecule has 2 nitrogen and oxygen atoms in total. The van der Waals surface area contributed by atoms with Crippen LogP contribution in [0, 0.1) is 0 Å². The number of aromatic nitrogens is 1. The van der Waals surface area contributed by atoms with E-state index in [1.54, 1.807) is 0 Å². The Kier molecular flexibility index (Phi) is 2.38. The first kappa shape index (κ1) is 8.78. The Morgan fingerprint density at radius 3 is 2.92 bits per heavy atom. The summed E-state index contributed by atoms with van der Waals surface area (Å²) in [5.74, 6) is 0. The van der Waals surface area contributed by atoms with Crippen LogP contribution >= 0.6 is 15.9 Å². The molecule has 0 aliphatic rings. The van der Waals surface area contributed by atoms with Gasteiger partial charge in [0, 0.05) is 21.1 Å². The molecule has 0 atom stereocenters. The molecule has 0 saturated carbocycles. The number of aromatic amines is 1. The summed E-state index contributed by atoms with van der Waals surface area (Å²) in [5.41, 5.74) is 7.85. The Hall–Kier alpha value is -0.800. The molecule has 0 fully saturated rings. The summed E-state index contributed by atoms with van der Waals surface area (Å²) in [4.78, 5) is 3.33. The lowest BCUT2D eigenvalue weighted by Crippen LogP contribution is -2.02. The lowest BCUT2D eigenvalue weighted by Gasteiger charge is -1.90. The van der Waals surface area contributed by atoms with E-state index in [4.69, 9.17) is 5.73 Å². The van der Waals surface area contributed by atoms with Gasteiger partial charge in [-0.2, -0.15) is 0 Å². The quantitative estimate of drug-likeness (QED) is 0.830. The highest BCUT2D eigenvalue weighted by Crippen LogP contribution is 2.24. The largest absolute Gasteiger partial charge is 0.358 e. The molecule has 0 radical (unpaired) electrons. The summed E-state index contributed by atoms with van der Waals surface area (Å²) in [7, 11) is 0. The molecule has 0 aliphatic heterocycles. The average molecular weight is 239 g/mol. The molecule has 0 saturated heterocycles. The summed E-state index contributed by atoms with van der Waals surface area (Å²) in [6, 6.07) is 8.28. The van der Waals surface area contributed by atoms with Crippen molar-refractivity contribution in [3.8, 4) is 0 Å². The van der Waals surface area contributed by atoms with Gasteiger partial charge in [0.1, 0.15) is 0 Å². The zero-order chi connectivity index (χ0) is 9.26. The van der Waals surface area contributed by atoms with Gasteiger partial charge in [0.05, 0.1) is 0 Å². The maximum atomic E-state index is 5.49. The van der Waals surface area contributed by atoms with Gasteiger partial charge in [0.25, 0.3) is 0 Å². The van der Waals surface area contributed by atoms with Crippen LogP contribution in [-0.4, -0.2) is 11.5 Å². The normalized spacial score (nSPS) is 10.9. The van der Waals surface area contributed by atoms with E-state index in [0.29, 0.717) is 6.54 Å². The van der Waals surface area contributed by atoms with Crippen LogP contribution in [0.5, 0.6) is 0 Å². The molecular formula is C10H11BrN2. The molecule has 3 N–H and O–H groups in total. The lowest BCUT2D eigenvalue weighted by atomic mass is 10.2. The molecule has 68 valence electrons. The van der Waals surface area contributed by atoms with Crippen molar-refractivity contribution in [1.29, 1.82) is 0 Å². The zero-order valence-electron chi connectivity index (χ0n) is 7.18. The van der Waals surface area contributed by atoms with E-state index in [1.165, 1.54) is 11.1 Å². The van der Waals surface area contributed by atoms with Crippen molar-refractivity contribution in [3.63, 3.8) is 0 Å². The molecule has 2 aromatic rings. The Labute approximate surface area is 85.3 Å². The minimum absolute atomic E-state index is 0.685. The summed E-state index contributed by atoms with van der Waals surface area (Å²) in [6.07, 6.45) is 0.904. The number of nitrogens with one attached hydrogen (secondary N) is 1. The Bertz CT molecular complexity index is 420. The molecule has 3 heteroatoms. The van der Waals surface area contributed by atoms with E-state index in [-0.39, 0.29) is 0 Å². The van der Waals surface area contributed by atoms with Crippen LogP contribution in [0.25, 0.3) is 10.9 Å². The summed E-state index contributed by atoms with van der Waals surface area (Å²) in [5, 5.41) is 1.23. The second-order valence-electron chi connectivity index (χ2n) is 3.03. The first-order chi connectivity index (χ1) is 6.31. The summed E-state index contributed by atoms with van der Waals surface area (Å²) in [6.45, 7) is 0.685. The van der Waals surface area contributed by atoms with Gasteiger partial charge < -0.3 is 10.7 Å². The van der Waals surface area contributed by atoms with E-state index >= 15 is 0 Å². The van der Waals surface area contributed by atoms with Crippen LogP contribution in [-0.2, 0) is 6.42 Å². The van der Waals surface area contributed by atoms with Gasteiger partial charge >= 0.3 is 0 Å². The molecule has 13 heavy (non-hydrogen) atoms. The molecule has 0 unspecified atom stereocenters. The third-order valence-corrected chi connectivity index (χ3v) is 2.77. The predicted octanol–water partition coefficient (Wildman–Crippen LogP) is 2.43. The van der Waals surface area contributed by atoms with Crippen LogP contribution in [0.15, 0.2) is 28.7 Å². The first-order valence-corrected chi connectivity index (χ1v) is 5.07. The lowest BCUT2D eigenvalue weighted by molar-refractivity contribution is 0.940. The van der Waals surface area contributed by atoms with Crippen LogP contribution < -0.4 is 5.73 Å². The predicted molar refractivity (Wildman–Crippen MR) is 58.8 cm³/mol. The van der Waals surface area contributed by atoms with Crippen molar-refractivity contribution >= 4 is 26.8 Å². The second-order valence-corrected chi connectivity index (χ2v) is 3.89. The maximum absolute atomic E-state index is 5.49. The standard InChI is InChI=1S/C10H11BrN2/c11-9-2-1-3-10-8(9)6-7(13-10)4-5-12/h1-3,6,13H,4-5,12H2. The van der Waals surface area contributed by atoms with Crippen molar-refractivity contribution in [3.05, 3.63) is 34.4 Å². The molecular weight excluding hydrogens is 228 g/mol. The molecule has 2 rings (SSSR count). The topological polar surface area (TPSA) is 41.8 Å². The van der Waals surface area contributed by atoms with E-state index in [1.807, 2.05) is 12.1 Å². The fourth-order valence-corrected chi connectivity index (χ4v) is 1.95. The van der Waals surface area contributed by atoms with Gasteiger partial charge in [-0.3, -0.25) is 0 Å². The fraction of sp³-hybridized carbons (Fsp3) is 0.200. The van der Waals surface area contributed by atoms with Gasteiger partial charge in [-0.15, -0.1) is 0 Å². The molecule has 1 heterocycles. The molecule has 0 spiro atoms. The molecule has 0 bridgehead atoms. The van der Waals surface area contributed by atoms with Crippen molar-refractivity contribution < 1.29 is 0 Å². The number of hydrogen-bond donors (Lipinski definition) is 2. The SMILES string of the molecule is NCCc1cc2c(Br)cccc2[nH]1. The minimum atomic E-state index is 0.685. The number of fused-ring (bicyclic) bond motifs is 1. The van der Waals surface area contributed by atoms with Crippen molar-refractivity contribution in [2.24, 2.45) is 5.73 Å². The van der Waals surface area contributed by atoms with Crippen LogP contribution in [0.3, 0.4) is 0 Å². The minimum Gasteiger partial charge on any atom is -0.358 e. The van der Waals surface area contributed by atoms with Crippen molar-refractivity contribution in [2.45, 2.75) is 6.42 Å². The Morgan fingerprint density at radius 2 is 2.23 bits per heavy atom. The number of hydrogen-bond acceptors (Lipinski definition) is 1. The third kappa shape index (κ3) is 1.62. The van der Waals surface area contributed by atoms with E-state index in [0.717, 1.165) is 16.4 Å². The first-order valence-electron chi connectivity index (χ1n) is 4.27. The smallest absolute Gasteiger partial charge is 0.0467 e. The molecule has 1 aromatic carbocycles. The Morgan fingerprint density at radius 1 is 1.38 bits per heavy atom. The van der Waals surface area contributed by atoms with E-state index in [9.17, 15) is 0 Å². The second kappa shape index (κ2) is 3.52. The maximum Gasteiger partial charge on any atom is 0.0467 e. The van der Waals surface area contributed by atoms with E-state index in [2.05, 4.69) is 33.0 Å². The number of nitrogens with two attached hydrogens (primary N) is 1. The average Bonchev–Trinajstić information content (AvgIpc) is 2.49. The highest BCUT2D eigenvalue weighted by Gasteiger charge is 2.01. The summed E-state index contributed by atoms with van der Waals surface area (Å²) < 4.78 is 1.13. The van der Waals surface area contributed by atoms with Crippen LogP contribution in [0.4, 0.5) is 0 Å². The van der Waals surface area contributed by atoms with Gasteiger partial charge in [0.2, 0.25) is 0 Å². The van der Waals surface area contributed by atoms with Gasteiger partial charge in [0.15, 0.2) is 0 Å².